The Balaban J connectivity index is 1.54. The molecule has 0 spiro atoms. The number of carboxylic acid groups (broad SMARTS) is 1. The van der Waals surface area contributed by atoms with Gasteiger partial charge in [-0.3, -0.25) is 4.90 Å². The number of nitrogens with one attached hydrogen (secondary N) is 1. The number of carbonyl (C=O) groups excluding carboxylic acids is 1. The third kappa shape index (κ3) is 4.05. The predicted octanol–water partition coefficient (Wildman–Crippen LogP) is 4.73. The van der Waals surface area contributed by atoms with Crippen LogP contribution in [0, 0.1) is 0 Å². The fourth-order valence-corrected chi connectivity index (χ4v) is 3.50. The first-order valence-electron chi connectivity index (χ1n) is 9.36. The van der Waals surface area contributed by atoms with E-state index in [1.807, 2.05) is 30.3 Å². The topological polar surface area (TPSA) is 95.3 Å². The Labute approximate surface area is 177 Å². The number of morpholine rings is 1. The summed E-state index contributed by atoms with van der Waals surface area (Å²) in [6.07, 6.45) is -1.12. The molecule has 156 valence electrons. The van der Waals surface area contributed by atoms with Gasteiger partial charge in [0.15, 0.2) is 5.58 Å². The molecular weight excluding hydrogens is 410 g/mol. The maximum Gasteiger partial charge on any atom is 0.413 e. The normalized spacial score (nSPS) is 14.0. The van der Waals surface area contributed by atoms with E-state index in [9.17, 15) is 9.59 Å². The quantitative estimate of drug-likeness (QED) is 0.627. The second-order valence-electron chi connectivity index (χ2n) is 6.91. The summed E-state index contributed by atoms with van der Waals surface area (Å²) in [5.74, 6) is 0.192. The van der Waals surface area contributed by atoms with E-state index in [1.165, 1.54) is 7.05 Å². The van der Waals surface area contributed by atoms with Crippen molar-refractivity contribution in [2.75, 3.05) is 43.6 Å². The number of anilines is 2. The van der Waals surface area contributed by atoms with Crippen LogP contribution in [-0.2, 0) is 4.74 Å². The minimum atomic E-state index is -1.12. The molecule has 2 N–H and O–H groups in total. The van der Waals surface area contributed by atoms with E-state index >= 15 is 0 Å². The zero-order valence-corrected chi connectivity index (χ0v) is 17.0. The van der Waals surface area contributed by atoms with Gasteiger partial charge in [-0.15, -0.1) is 0 Å². The lowest BCUT2D eigenvalue weighted by Crippen LogP contribution is -2.43. The van der Waals surface area contributed by atoms with Gasteiger partial charge in [0.25, 0.3) is 0 Å². The Hall–Kier alpha value is -3.23. The molecule has 1 aromatic heterocycles. The van der Waals surface area contributed by atoms with Gasteiger partial charge in [-0.2, -0.15) is 0 Å². The SMILES string of the molecule is CN(C(=O)O)c1cc2cc(-c3ccc(NC(=O)N4CCOCC4)cc3)cc(Cl)c2o1. The zero-order chi connectivity index (χ0) is 21.3. The molecule has 2 heterocycles. The summed E-state index contributed by atoms with van der Waals surface area (Å²) in [5.41, 5.74) is 2.87. The van der Waals surface area contributed by atoms with Crippen LogP contribution in [0.25, 0.3) is 22.1 Å². The lowest BCUT2D eigenvalue weighted by atomic mass is 10.0. The maximum atomic E-state index is 12.3. The highest BCUT2D eigenvalue weighted by Crippen LogP contribution is 2.35. The van der Waals surface area contributed by atoms with Crippen molar-refractivity contribution in [2.45, 2.75) is 0 Å². The molecular formula is C21H20ClN3O5. The van der Waals surface area contributed by atoms with E-state index in [0.717, 1.165) is 16.0 Å². The number of halogens is 1. The summed E-state index contributed by atoms with van der Waals surface area (Å²) in [7, 11) is 1.40. The first-order valence-corrected chi connectivity index (χ1v) is 9.74. The summed E-state index contributed by atoms with van der Waals surface area (Å²) in [6, 6.07) is 12.5. The van der Waals surface area contributed by atoms with Crippen molar-refractivity contribution < 1.29 is 23.8 Å². The van der Waals surface area contributed by atoms with Crippen LogP contribution in [0.3, 0.4) is 0 Å². The molecule has 3 aromatic rings. The van der Waals surface area contributed by atoms with Crippen LogP contribution >= 0.6 is 11.6 Å². The Morgan fingerprint density at radius 2 is 1.80 bits per heavy atom. The fraction of sp³-hybridized carbons (Fsp3) is 0.238. The molecule has 0 aliphatic carbocycles. The number of rotatable bonds is 3. The molecule has 8 nitrogen and oxygen atoms in total. The number of furan rings is 1. The average molecular weight is 430 g/mol. The molecule has 9 heteroatoms. The molecule has 3 amide bonds. The maximum absolute atomic E-state index is 12.3. The minimum Gasteiger partial charge on any atom is -0.465 e. The second-order valence-corrected chi connectivity index (χ2v) is 7.32. The first kappa shape index (κ1) is 20.1. The van der Waals surface area contributed by atoms with E-state index in [4.69, 9.17) is 25.9 Å². The van der Waals surface area contributed by atoms with Crippen molar-refractivity contribution in [1.29, 1.82) is 0 Å². The number of ether oxygens (including phenoxy) is 1. The van der Waals surface area contributed by atoms with Crippen molar-refractivity contribution in [3.8, 4) is 11.1 Å². The molecule has 0 unspecified atom stereocenters. The molecule has 0 bridgehead atoms. The first-order chi connectivity index (χ1) is 14.4. The molecule has 4 rings (SSSR count). The highest BCUT2D eigenvalue weighted by atomic mass is 35.5. The molecule has 30 heavy (non-hydrogen) atoms. The summed E-state index contributed by atoms with van der Waals surface area (Å²) >= 11 is 6.36. The van der Waals surface area contributed by atoms with Crippen molar-refractivity contribution in [1.82, 2.24) is 4.90 Å². The molecule has 0 atom stereocenters. The number of hydrogen-bond donors (Lipinski definition) is 2. The number of nitrogens with zero attached hydrogens (tertiary/aromatic N) is 2. The third-order valence-electron chi connectivity index (χ3n) is 4.94. The average Bonchev–Trinajstić information content (AvgIpc) is 3.19. The van der Waals surface area contributed by atoms with Crippen LogP contribution in [0.2, 0.25) is 5.02 Å². The van der Waals surface area contributed by atoms with Crippen LogP contribution < -0.4 is 10.2 Å². The van der Waals surface area contributed by atoms with E-state index < -0.39 is 6.09 Å². The van der Waals surface area contributed by atoms with E-state index in [1.54, 1.807) is 17.0 Å². The zero-order valence-electron chi connectivity index (χ0n) is 16.2. The Morgan fingerprint density at radius 1 is 1.10 bits per heavy atom. The molecule has 1 saturated heterocycles. The van der Waals surface area contributed by atoms with E-state index in [-0.39, 0.29) is 11.9 Å². The summed E-state index contributed by atoms with van der Waals surface area (Å²) < 4.78 is 10.8. The lowest BCUT2D eigenvalue weighted by Gasteiger charge is -2.26. The number of fused-ring (bicyclic) bond motifs is 1. The van der Waals surface area contributed by atoms with Gasteiger partial charge >= 0.3 is 12.1 Å². The fourth-order valence-electron chi connectivity index (χ4n) is 3.24. The Kier molecular flexibility index (Phi) is 5.52. The van der Waals surface area contributed by atoms with Gasteiger partial charge in [0.2, 0.25) is 5.88 Å². The van der Waals surface area contributed by atoms with Crippen LogP contribution in [0.1, 0.15) is 0 Å². The van der Waals surface area contributed by atoms with Crippen molar-refractivity contribution in [3.05, 3.63) is 47.5 Å². The number of urea groups is 1. The Bertz CT molecular complexity index is 1090. The summed E-state index contributed by atoms with van der Waals surface area (Å²) in [6.45, 7) is 2.25. The van der Waals surface area contributed by atoms with Gasteiger partial charge in [-0.05, 0) is 35.4 Å². The highest BCUT2D eigenvalue weighted by Gasteiger charge is 2.18. The van der Waals surface area contributed by atoms with Gasteiger partial charge in [-0.25, -0.2) is 9.59 Å². The largest absolute Gasteiger partial charge is 0.465 e. The predicted molar refractivity (Wildman–Crippen MR) is 114 cm³/mol. The standard InChI is InChI=1S/C21H20ClN3O5/c1-24(21(27)28)18-12-15-10-14(11-17(22)19(15)30-18)13-2-4-16(5-3-13)23-20(26)25-6-8-29-9-7-25/h2-5,10-12H,6-9H2,1H3,(H,23,26)(H,27,28). The monoisotopic (exact) mass is 429 g/mol. The van der Waals surface area contributed by atoms with Crippen molar-refractivity contribution >= 4 is 46.3 Å². The van der Waals surface area contributed by atoms with Gasteiger partial charge in [0, 0.05) is 37.3 Å². The van der Waals surface area contributed by atoms with Crippen LogP contribution in [0.15, 0.2) is 46.9 Å². The van der Waals surface area contributed by atoms with E-state index in [0.29, 0.717) is 48.0 Å². The highest BCUT2D eigenvalue weighted by molar-refractivity contribution is 6.35. The molecule has 1 aliphatic heterocycles. The third-order valence-corrected chi connectivity index (χ3v) is 5.22. The minimum absolute atomic E-state index is 0.149. The van der Waals surface area contributed by atoms with Gasteiger partial charge in [-0.1, -0.05) is 23.7 Å². The summed E-state index contributed by atoms with van der Waals surface area (Å²) in [4.78, 5) is 26.2. The number of benzene rings is 2. The van der Waals surface area contributed by atoms with Gasteiger partial charge in [0.05, 0.1) is 18.2 Å². The lowest BCUT2D eigenvalue weighted by molar-refractivity contribution is 0.0564. The van der Waals surface area contributed by atoms with E-state index in [2.05, 4.69) is 5.32 Å². The van der Waals surface area contributed by atoms with Crippen LogP contribution in [-0.4, -0.2) is 55.5 Å². The molecule has 1 fully saturated rings. The number of carbonyl (C=O) groups is 2. The molecule has 1 aliphatic rings. The number of amides is 3. The van der Waals surface area contributed by atoms with Gasteiger partial charge in [0.1, 0.15) is 0 Å². The molecule has 0 saturated carbocycles. The molecule has 2 aromatic carbocycles. The second kappa shape index (κ2) is 8.25. The van der Waals surface area contributed by atoms with Crippen molar-refractivity contribution in [2.24, 2.45) is 0 Å². The van der Waals surface area contributed by atoms with Gasteiger partial charge < -0.3 is 24.5 Å². The smallest absolute Gasteiger partial charge is 0.413 e. The van der Waals surface area contributed by atoms with Crippen LogP contribution in [0.5, 0.6) is 0 Å². The number of hydrogen-bond acceptors (Lipinski definition) is 4. The van der Waals surface area contributed by atoms with Crippen molar-refractivity contribution in [3.63, 3.8) is 0 Å². The Morgan fingerprint density at radius 3 is 2.47 bits per heavy atom. The van der Waals surface area contributed by atoms with Crippen LogP contribution in [0.4, 0.5) is 21.2 Å². The summed E-state index contributed by atoms with van der Waals surface area (Å²) in [5, 5.41) is 13.1. The molecule has 0 radical (unpaired) electrons.